The highest BCUT2D eigenvalue weighted by Gasteiger charge is 2.14. The number of anilines is 1. The summed E-state index contributed by atoms with van der Waals surface area (Å²) in [5.74, 6) is 0.214. The van der Waals surface area contributed by atoms with Gasteiger partial charge in [-0.05, 0) is 50.0 Å². The number of aryl methyl sites for hydroxylation is 1. The highest BCUT2D eigenvalue weighted by Crippen LogP contribution is 2.10. The topological polar surface area (TPSA) is 49.6 Å². The number of likely N-dealkylation sites (N-methyl/N-ethyl adjacent to an activating group) is 1. The monoisotopic (exact) mass is 275 g/mol. The molecular weight excluding hydrogens is 250 g/mol. The molecule has 1 aliphatic rings. The van der Waals surface area contributed by atoms with E-state index in [1.165, 1.54) is 25.9 Å². The highest BCUT2D eigenvalue weighted by atomic mass is 16.2. The van der Waals surface area contributed by atoms with Crippen molar-refractivity contribution >= 4 is 11.6 Å². The molecule has 1 amide bonds. The molecule has 0 aromatic heterocycles. The Morgan fingerprint density at radius 2 is 2.10 bits per heavy atom. The van der Waals surface area contributed by atoms with Crippen molar-refractivity contribution in [2.75, 3.05) is 39.0 Å². The molecular formula is C16H25N3O. The van der Waals surface area contributed by atoms with E-state index in [0.29, 0.717) is 6.42 Å². The number of carbonyl (C=O) groups excluding carboxylic acids is 1. The van der Waals surface area contributed by atoms with Gasteiger partial charge in [0.05, 0.1) is 0 Å². The minimum Gasteiger partial charge on any atom is -0.399 e. The standard InChI is InChI=1S/C16H25N3O/c1-18(11-12-19-9-2-3-10-19)16(20)8-7-14-5-4-6-15(17)13-14/h4-6,13H,2-3,7-12,17H2,1H3. The van der Waals surface area contributed by atoms with Crippen LogP contribution in [-0.4, -0.2) is 48.9 Å². The predicted octanol–water partition coefficient (Wildman–Crippen LogP) is 1.76. The lowest BCUT2D eigenvalue weighted by atomic mass is 10.1. The summed E-state index contributed by atoms with van der Waals surface area (Å²) in [7, 11) is 1.90. The van der Waals surface area contributed by atoms with E-state index >= 15 is 0 Å². The molecule has 2 N–H and O–H groups in total. The van der Waals surface area contributed by atoms with E-state index in [1.807, 2.05) is 36.2 Å². The molecule has 0 spiro atoms. The van der Waals surface area contributed by atoms with E-state index < -0.39 is 0 Å². The minimum atomic E-state index is 0.214. The van der Waals surface area contributed by atoms with Crippen LogP contribution in [0.5, 0.6) is 0 Å². The van der Waals surface area contributed by atoms with Crippen molar-refractivity contribution < 1.29 is 4.79 Å². The molecule has 1 fully saturated rings. The van der Waals surface area contributed by atoms with Crippen LogP contribution in [0.4, 0.5) is 5.69 Å². The number of nitrogens with two attached hydrogens (primary N) is 1. The van der Waals surface area contributed by atoms with E-state index in [1.54, 1.807) is 0 Å². The average Bonchev–Trinajstić information content (AvgIpc) is 2.95. The molecule has 4 heteroatoms. The molecule has 20 heavy (non-hydrogen) atoms. The van der Waals surface area contributed by atoms with Crippen molar-refractivity contribution in [1.82, 2.24) is 9.80 Å². The molecule has 1 heterocycles. The predicted molar refractivity (Wildman–Crippen MR) is 82.5 cm³/mol. The second-order valence-electron chi connectivity index (χ2n) is 5.61. The third-order valence-electron chi connectivity index (χ3n) is 3.95. The van der Waals surface area contributed by atoms with E-state index in [9.17, 15) is 4.79 Å². The van der Waals surface area contributed by atoms with E-state index in [0.717, 1.165) is 30.8 Å². The van der Waals surface area contributed by atoms with Crippen LogP contribution in [-0.2, 0) is 11.2 Å². The van der Waals surface area contributed by atoms with Gasteiger partial charge in [-0.3, -0.25) is 4.79 Å². The first kappa shape index (κ1) is 14.9. The van der Waals surface area contributed by atoms with Crippen molar-refractivity contribution in [2.45, 2.75) is 25.7 Å². The molecule has 1 aliphatic heterocycles. The summed E-state index contributed by atoms with van der Waals surface area (Å²) in [5.41, 5.74) is 7.63. The summed E-state index contributed by atoms with van der Waals surface area (Å²) in [4.78, 5) is 16.4. The Morgan fingerprint density at radius 3 is 2.80 bits per heavy atom. The summed E-state index contributed by atoms with van der Waals surface area (Å²) in [6, 6.07) is 7.77. The van der Waals surface area contributed by atoms with E-state index in [-0.39, 0.29) is 5.91 Å². The quantitative estimate of drug-likeness (QED) is 0.805. The zero-order valence-electron chi connectivity index (χ0n) is 12.3. The van der Waals surface area contributed by atoms with Crippen LogP contribution < -0.4 is 5.73 Å². The Bertz CT molecular complexity index is 441. The van der Waals surface area contributed by atoms with Crippen molar-refractivity contribution in [3.63, 3.8) is 0 Å². The molecule has 4 nitrogen and oxygen atoms in total. The Hall–Kier alpha value is -1.55. The molecule has 110 valence electrons. The Kier molecular flexibility index (Phi) is 5.41. The van der Waals surface area contributed by atoms with Gasteiger partial charge >= 0.3 is 0 Å². The zero-order valence-corrected chi connectivity index (χ0v) is 12.3. The molecule has 2 rings (SSSR count). The fourth-order valence-electron chi connectivity index (χ4n) is 2.61. The lowest BCUT2D eigenvalue weighted by Crippen LogP contribution is -2.35. The van der Waals surface area contributed by atoms with Crippen LogP contribution in [0.25, 0.3) is 0 Å². The van der Waals surface area contributed by atoms with E-state index in [4.69, 9.17) is 5.73 Å². The van der Waals surface area contributed by atoms with Crippen molar-refractivity contribution in [3.05, 3.63) is 29.8 Å². The molecule has 1 saturated heterocycles. The normalized spacial score (nSPS) is 15.4. The van der Waals surface area contributed by atoms with Crippen LogP contribution in [0.3, 0.4) is 0 Å². The Balaban J connectivity index is 1.70. The smallest absolute Gasteiger partial charge is 0.222 e. The average molecular weight is 275 g/mol. The summed E-state index contributed by atoms with van der Waals surface area (Å²) >= 11 is 0. The molecule has 1 aromatic rings. The van der Waals surface area contributed by atoms with Gasteiger partial charge in [-0.25, -0.2) is 0 Å². The summed E-state index contributed by atoms with van der Waals surface area (Å²) < 4.78 is 0. The molecule has 0 atom stereocenters. The number of hydrogen-bond donors (Lipinski definition) is 1. The van der Waals surface area contributed by atoms with Crippen molar-refractivity contribution in [1.29, 1.82) is 0 Å². The first-order valence-corrected chi connectivity index (χ1v) is 7.46. The Morgan fingerprint density at radius 1 is 1.35 bits per heavy atom. The summed E-state index contributed by atoms with van der Waals surface area (Å²) in [6.45, 7) is 4.20. The van der Waals surface area contributed by atoms with Gasteiger partial charge in [-0.15, -0.1) is 0 Å². The van der Waals surface area contributed by atoms with Crippen LogP contribution in [0.1, 0.15) is 24.8 Å². The number of nitrogens with zero attached hydrogens (tertiary/aromatic N) is 2. The number of nitrogen functional groups attached to an aromatic ring is 1. The first-order chi connectivity index (χ1) is 9.65. The van der Waals surface area contributed by atoms with Gasteiger partial charge in [0.15, 0.2) is 0 Å². The van der Waals surface area contributed by atoms with Gasteiger partial charge < -0.3 is 15.5 Å². The third kappa shape index (κ3) is 4.53. The van der Waals surface area contributed by atoms with Crippen LogP contribution in [0.15, 0.2) is 24.3 Å². The van der Waals surface area contributed by atoms with Gasteiger partial charge in [-0.2, -0.15) is 0 Å². The third-order valence-corrected chi connectivity index (χ3v) is 3.95. The van der Waals surface area contributed by atoms with E-state index in [2.05, 4.69) is 4.90 Å². The second kappa shape index (κ2) is 7.29. The number of likely N-dealkylation sites (tertiary alicyclic amines) is 1. The number of hydrogen-bond acceptors (Lipinski definition) is 3. The first-order valence-electron chi connectivity index (χ1n) is 7.46. The lowest BCUT2D eigenvalue weighted by molar-refractivity contribution is -0.130. The van der Waals surface area contributed by atoms with Gasteiger partial charge in [0.2, 0.25) is 5.91 Å². The van der Waals surface area contributed by atoms with Gasteiger partial charge in [0, 0.05) is 32.2 Å². The SMILES string of the molecule is CN(CCN1CCCC1)C(=O)CCc1cccc(N)c1. The van der Waals surface area contributed by atoms with Crippen LogP contribution in [0, 0.1) is 0 Å². The van der Waals surface area contributed by atoms with Gasteiger partial charge in [-0.1, -0.05) is 12.1 Å². The molecule has 0 saturated carbocycles. The van der Waals surface area contributed by atoms with Gasteiger partial charge in [0.1, 0.15) is 0 Å². The summed E-state index contributed by atoms with van der Waals surface area (Å²) in [5, 5.41) is 0. The molecule has 0 bridgehead atoms. The van der Waals surface area contributed by atoms with Crippen LogP contribution >= 0.6 is 0 Å². The number of amides is 1. The molecule has 0 radical (unpaired) electrons. The Labute approximate surface area is 121 Å². The van der Waals surface area contributed by atoms with Crippen LogP contribution in [0.2, 0.25) is 0 Å². The fourth-order valence-corrected chi connectivity index (χ4v) is 2.61. The molecule has 1 aromatic carbocycles. The lowest BCUT2D eigenvalue weighted by Gasteiger charge is -2.21. The molecule has 0 aliphatic carbocycles. The molecule has 0 unspecified atom stereocenters. The number of benzene rings is 1. The highest BCUT2D eigenvalue weighted by molar-refractivity contribution is 5.76. The number of carbonyl (C=O) groups is 1. The maximum absolute atomic E-state index is 12.1. The number of rotatable bonds is 6. The van der Waals surface area contributed by atoms with Gasteiger partial charge in [0.25, 0.3) is 0 Å². The zero-order chi connectivity index (χ0) is 14.4. The maximum atomic E-state index is 12.1. The second-order valence-corrected chi connectivity index (χ2v) is 5.61. The van der Waals surface area contributed by atoms with Crippen molar-refractivity contribution in [3.8, 4) is 0 Å². The largest absolute Gasteiger partial charge is 0.399 e. The van der Waals surface area contributed by atoms with Crippen molar-refractivity contribution in [2.24, 2.45) is 0 Å². The maximum Gasteiger partial charge on any atom is 0.222 e. The summed E-state index contributed by atoms with van der Waals surface area (Å²) in [6.07, 6.45) is 3.91. The fraction of sp³-hybridized carbons (Fsp3) is 0.562. The minimum absolute atomic E-state index is 0.214.